The molecule has 0 aliphatic carbocycles. The summed E-state index contributed by atoms with van der Waals surface area (Å²) in [5.41, 5.74) is 3.02. The van der Waals surface area contributed by atoms with Gasteiger partial charge in [0.1, 0.15) is 0 Å². The fraction of sp³-hybridized carbons (Fsp3) is 0.316. The second-order valence-electron chi connectivity index (χ2n) is 6.60. The van der Waals surface area contributed by atoms with Gasteiger partial charge in [0.05, 0.1) is 11.5 Å². The number of anilines is 1. The Hall–Kier alpha value is -2.74. The molecule has 0 saturated heterocycles. The first-order valence-corrected chi connectivity index (χ1v) is 9.57. The molecule has 3 aromatic rings. The molecular formula is C19H23N5O2S. The number of amides is 1. The van der Waals surface area contributed by atoms with Gasteiger partial charge in [-0.2, -0.15) is 0 Å². The standard InChI is InChI=1S/C19H23N5O2S/c1-11(2)14-8-5-7-12(3)16(14)21-18(25)13(4)27-19-23-22-17(24(19)20)15-9-6-10-26-15/h5-11,13H,20H2,1-4H3,(H,21,25)/t13-/m1/s1. The number of furan rings is 1. The summed E-state index contributed by atoms with van der Waals surface area (Å²) in [6, 6.07) is 9.54. The lowest BCUT2D eigenvalue weighted by Gasteiger charge is -2.18. The van der Waals surface area contributed by atoms with E-state index in [0.717, 1.165) is 16.8 Å². The van der Waals surface area contributed by atoms with Crippen LogP contribution < -0.4 is 11.2 Å². The molecule has 0 aliphatic rings. The minimum Gasteiger partial charge on any atom is -0.461 e. The summed E-state index contributed by atoms with van der Waals surface area (Å²) in [6.07, 6.45) is 1.54. The van der Waals surface area contributed by atoms with Crippen molar-refractivity contribution in [1.82, 2.24) is 14.9 Å². The van der Waals surface area contributed by atoms with Crippen LogP contribution in [0.4, 0.5) is 5.69 Å². The monoisotopic (exact) mass is 385 g/mol. The second kappa shape index (κ2) is 7.87. The van der Waals surface area contributed by atoms with E-state index in [1.807, 2.05) is 32.0 Å². The van der Waals surface area contributed by atoms with Crippen molar-refractivity contribution in [2.75, 3.05) is 11.2 Å². The molecule has 142 valence electrons. The highest BCUT2D eigenvalue weighted by atomic mass is 32.2. The van der Waals surface area contributed by atoms with Crippen molar-refractivity contribution in [3.63, 3.8) is 0 Å². The Kier molecular flexibility index (Phi) is 5.55. The lowest BCUT2D eigenvalue weighted by atomic mass is 9.98. The quantitative estimate of drug-likeness (QED) is 0.494. The maximum Gasteiger partial charge on any atom is 0.237 e. The molecule has 27 heavy (non-hydrogen) atoms. The zero-order chi connectivity index (χ0) is 19.6. The fourth-order valence-corrected chi connectivity index (χ4v) is 3.48. The van der Waals surface area contributed by atoms with Crippen molar-refractivity contribution in [3.05, 3.63) is 47.7 Å². The van der Waals surface area contributed by atoms with E-state index < -0.39 is 5.25 Å². The normalized spacial score (nSPS) is 12.3. The minimum absolute atomic E-state index is 0.112. The van der Waals surface area contributed by atoms with E-state index in [1.165, 1.54) is 16.4 Å². The van der Waals surface area contributed by atoms with E-state index in [2.05, 4.69) is 29.4 Å². The average Bonchev–Trinajstić information content (AvgIpc) is 3.27. The van der Waals surface area contributed by atoms with Gasteiger partial charge in [-0.25, -0.2) is 4.68 Å². The number of thioether (sulfide) groups is 1. The van der Waals surface area contributed by atoms with Crippen LogP contribution in [-0.4, -0.2) is 26.0 Å². The van der Waals surface area contributed by atoms with Crippen molar-refractivity contribution in [1.29, 1.82) is 0 Å². The number of carbonyl (C=O) groups is 1. The second-order valence-corrected chi connectivity index (χ2v) is 7.90. The third-order valence-corrected chi connectivity index (χ3v) is 5.29. The molecule has 2 heterocycles. The Labute approximate surface area is 162 Å². The van der Waals surface area contributed by atoms with Crippen LogP contribution in [0.3, 0.4) is 0 Å². The number of nitrogens with two attached hydrogens (primary N) is 1. The molecule has 7 nitrogen and oxygen atoms in total. The minimum atomic E-state index is -0.402. The molecule has 1 atom stereocenters. The summed E-state index contributed by atoms with van der Waals surface area (Å²) < 4.78 is 6.64. The van der Waals surface area contributed by atoms with Crippen LogP contribution in [0.1, 0.15) is 37.8 Å². The topological polar surface area (TPSA) is 99.0 Å². The number of aryl methyl sites for hydroxylation is 1. The van der Waals surface area contributed by atoms with Crippen LogP contribution in [0.5, 0.6) is 0 Å². The number of nitrogens with one attached hydrogen (secondary N) is 1. The summed E-state index contributed by atoms with van der Waals surface area (Å²) in [5, 5.41) is 11.2. The highest BCUT2D eigenvalue weighted by molar-refractivity contribution is 8.00. The van der Waals surface area contributed by atoms with Crippen LogP contribution in [0, 0.1) is 6.92 Å². The van der Waals surface area contributed by atoms with Gasteiger partial charge in [-0.1, -0.05) is 43.8 Å². The van der Waals surface area contributed by atoms with Gasteiger partial charge in [0.2, 0.25) is 16.9 Å². The third-order valence-electron chi connectivity index (χ3n) is 4.23. The van der Waals surface area contributed by atoms with Crippen LogP contribution in [-0.2, 0) is 4.79 Å². The molecule has 0 aliphatic heterocycles. The molecule has 3 rings (SSSR count). The molecule has 0 radical (unpaired) electrons. The van der Waals surface area contributed by atoms with Gasteiger partial charge in [-0.3, -0.25) is 4.79 Å². The molecule has 3 N–H and O–H groups in total. The SMILES string of the molecule is Cc1cccc(C(C)C)c1NC(=O)[C@@H](C)Sc1nnc(-c2ccco2)n1N. The van der Waals surface area contributed by atoms with Gasteiger partial charge in [0, 0.05) is 5.69 Å². The lowest BCUT2D eigenvalue weighted by Crippen LogP contribution is -2.25. The van der Waals surface area contributed by atoms with Gasteiger partial charge >= 0.3 is 0 Å². The van der Waals surface area contributed by atoms with Crippen molar-refractivity contribution in [2.45, 2.75) is 44.0 Å². The van der Waals surface area contributed by atoms with Crippen LogP contribution >= 0.6 is 11.8 Å². The number of rotatable bonds is 6. The van der Waals surface area contributed by atoms with Crippen LogP contribution in [0.25, 0.3) is 11.6 Å². The Bertz CT molecular complexity index is 934. The molecule has 0 bridgehead atoms. The van der Waals surface area contributed by atoms with Crippen molar-refractivity contribution in [3.8, 4) is 11.6 Å². The van der Waals surface area contributed by atoms with Gasteiger partial charge in [0.25, 0.3) is 0 Å². The van der Waals surface area contributed by atoms with Crippen LogP contribution in [0.15, 0.2) is 46.2 Å². The Balaban J connectivity index is 1.74. The smallest absolute Gasteiger partial charge is 0.237 e. The lowest BCUT2D eigenvalue weighted by molar-refractivity contribution is -0.115. The number of nitrogen functional groups attached to an aromatic ring is 1. The average molecular weight is 385 g/mol. The van der Waals surface area contributed by atoms with Crippen LogP contribution in [0.2, 0.25) is 0 Å². The Morgan fingerprint density at radius 3 is 2.67 bits per heavy atom. The number of nitrogens with zero attached hydrogens (tertiary/aromatic N) is 3. The highest BCUT2D eigenvalue weighted by Crippen LogP contribution is 2.29. The van der Waals surface area contributed by atoms with E-state index in [4.69, 9.17) is 10.3 Å². The molecule has 1 amide bonds. The molecule has 0 spiro atoms. The van der Waals surface area contributed by atoms with Gasteiger partial charge < -0.3 is 15.6 Å². The van der Waals surface area contributed by atoms with E-state index in [-0.39, 0.29) is 5.91 Å². The van der Waals surface area contributed by atoms with Crippen molar-refractivity contribution < 1.29 is 9.21 Å². The number of benzene rings is 1. The predicted octanol–water partition coefficient (Wildman–Crippen LogP) is 3.80. The highest BCUT2D eigenvalue weighted by Gasteiger charge is 2.22. The predicted molar refractivity (Wildman–Crippen MR) is 107 cm³/mol. The number of aromatic nitrogens is 3. The third kappa shape index (κ3) is 4.00. The number of carbonyl (C=O) groups excluding carboxylic acids is 1. The van der Waals surface area contributed by atoms with Gasteiger partial charge in [0.15, 0.2) is 5.76 Å². The summed E-state index contributed by atoms with van der Waals surface area (Å²) in [6.45, 7) is 8.02. The largest absolute Gasteiger partial charge is 0.461 e. The molecule has 0 saturated carbocycles. The molecule has 0 unspecified atom stereocenters. The van der Waals surface area contributed by atoms with Gasteiger partial charge in [-0.15, -0.1) is 10.2 Å². The fourth-order valence-electron chi connectivity index (χ4n) is 2.71. The van der Waals surface area contributed by atoms with Gasteiger partial charge in [-0.05, 0) is 43.0 Å². The number of hydrogen-bond donors (Lipinski definition) is 2. The Morgan fingerprint density at radius 1 is 1.22 bits per heavy atom. The molecule has 0 fully saturated rings. The maximum atomic E-state index is 12.7. The first kappa shape index (κ1) is 19.0. The first-order valence-electron chi connectivity index (χ1n) is 8.70. The molecule has 8 heteroatoms. The van der Waals surface area contributed by atoms with Crippen molar-refractivity contribution in [2.24, 2.45) is 0 Å². The first-order chi connectivity index (χ1) is 12.9. The summed E-state index contributed by atoms with van der Waals surface area (Å²) in [7, 11) is 0. The molecule has 1 aromatic carbocycles. The Morgan fingerprint density at radius 2 is 2.00 bits per heavy atom. The zero-order valence-corrected chi connectivity index (χ0v) is 16.6. The molecular weight excluding hydrogens is 362 g/mol. The maximum absolute atomic E-state index is 12.7. The molecule has 2 aromatic heterocycles. The van der Waals surface area contributed by atoms with E-state index in [0.29, 0.717) is 22.7 Å². The summed E-state index contributed by atoms with van der Waals surface area (Å²) in [4.78, 5) is 12.7. The summed E-state index contributed by atoms with van der Waals surface area (Å²) >= 11 is 1.25. The number of hydrogen-bond acceptors (Lipinski definition) is 6. The van der Waals surface area contributed by atoms with Crippen molar-refractivity contribution >= 4 is 23.4 Å². The van der Waals surface area contributed by atoms with E-state index >= 15 is 0 Å². The summed E-state index contributed by atoms with van der Waals surface area (Å²) in [5.74, 6) is 7.20. The van der Waals surface area contributed by atoms with E-state index in [9.17, 15) is 4.79 Å². The van der Waals surface area contributed by atoms with E-state index in [1.54, 1.807) is 18.4 Å². The number of para-hydroxylation sites is 1. The zero-order valence-electron chi connectivity index (χ0n) is 15.8.